The molecule has 0 aliphatic rings. The van der Waals surface area contributed by atoms with Gasteiger partial charge in [0.05, 0.1) is 5.69 Å². The first-order valence-corrected chi connectivity index (χ1v) is 9.99. The van der Waals surface area contributed by atoms with E-state index in [1.54, 1.807) is 12.1 Å². The highest BCUT2D eigenvalue weighted by molar-refractivity contribution is 7.89. The van der Waals surface area contributed by atoms with E-state index in [0.29, 0.717) is 18.7 Å². The molecule has 7 nitrogen and oxygen atoms in total. The third-order valence-corrected chi connectivity index (χ3v) is 5.44. The van der Waals surface area contributed by atoms with Crippen molar-refractivity contribution in [1.29, 1.82) is 0 Å². The highest BCUT2D eigenvalue weighted by Gasteiger charge is 2.13. The van der Waals surface area contributed by atoms with Gasteiger partial charge in [0.15, 0.2) is 0 Å². The Morgan fingerprint density at radius 2 is 1.85 bits per heavy atom. The number of nitrogens with one attached hydrogen (secondary N) is 1. The molecule has 8 heteroatoms. The summed E-state index contributed by atoms with van der Waals surface area (Å²) >= 11 is 0. The van der Waals surface area contributed by atoms with Crippen molar-refractivity contribution in [3.63, 3.8) is 0 Å². The number of pyridine rings is 1. The molecule has 0 amide bonds. The third-order valence-electron chi connectivity index (χ3n) is 4.00. The Kier molecular flexibility index (Phi) is 5.78. The van der Waals surface area contributed by atoms with Crippen LogP contribution in [0.25, 0.3) is 11.3 Å². The molecule has 2 aromatic heterocycles. The first kappa shape index (κ1) is 18.9. The van der Waals surface area contributed by atoms with Crippen molar-refractivity contribution in [2.45, 2.75) is 24.8 Å². The van der Waals surface area contributed by atoms with Crippen LogP contribution in [0.1, 0.15) is 12.0 Å². The van der Waals surface area contributed by atoms with Gasteiger partial charge in [0.2, 0.25) is 10.0 Å². The minimum Gasteiger partial charge on any atom is -0.268 e. The molecule has 0 saturated carbocycles. The first-order chi connectivity index (χ1) is 13.0. The summed E-state index contributed by atoms with van der Waals surface area (Å²) in [5, 5.41) is 4.38. The number of aromatic nitrogens is 3. The van der Waals surface area contributed by atoms with E-state index in [9.17, 15) is 13.2 Å². The van der Waals surface area contributed by atoms with Crippen LogP contribution < -0.4 is 10.3 Å². The van der Waals surface area contributed by atoms with E-state index < -0.39 is 10.0 Å². The summed E-state index contributed by atoms with van der Waals surface area (Å²) in [5.74, 6) is 0. The van der Waals surface area contributed by atoms with Gasteiger partial charge in [0, 0.05) is 37.1 Å². The Morgan fingerprint density at radius 1 is 1.07 bits per heavy atom. The average Bonchev–Trinajstić information content (AvgIpc) is 2.68. The Labute approximate surface area is 157 Å². The van der Waals surface area contributed by atoms with Crippen LogP contribution in [-0.2, 0) is 16.6 Å². The number of benzene rings is 1. The molecule has 1 aromatic carbocycles. The standard InChI is InChI=1S/C19H20N4O3S/c1-15-5-7-16(8-6-15)18-9-10-19(24)23(22-18)13-3-12-21-27(25,26)17-4-2-11-20-14-17/h2,4-11,14,21H,3,12-13H2,1H3. The van der Waals surface area contributed by atoms with E-state index in [-0.39, 0.29) is 17.0 Å². The van der Waals surface area contributed by atoms with Crippen molar-refractivity contribution in [2.24, 2.45) is 0 Å². The van der Waals surface area contributed by atoms with E-state index in [4.69, 9.17) is 0 Å². The van der Waals surface area contributed by atoms with Gasteiger partial charge < -0.3 is 0 Å². The van der Waals surface area contributed by atoms with E-state index in [2.05, 4.69) is 14.8 Å². The maximum absolute atomic E-state index is 12.1. The van der Waals surface area contributed by atoms with Crippen LogP contribution in [0.2, 0.25) is 0 Å². The summed E-state index contributed by atoms with van der Waals surface area (Å²) in [6.45, 7) is 2.51. The molecule has 0 spiro atoms. The largest absolute Gasteiger partial charge is 0.268 e. The SMILES string of the molecule is Cc1ccc(-c2ccc(=O)n(CCCNS(=O)(=O)c3cccnc3)n2)cc1. The molecule has 3 aromatic rings. The zero-order valence-electron chi connectivity index (χ0n) is 14.9. The second kappa shape index (κ2) is 8.24. The molecule has 0 atom stereocenters. The van der Waals surface area contributed by atoms with Gasteiger partial charge in [-0.2, -0.15) is 5.10 Å². The fourth-order valence-corrected chi connectivity index (χ4v) is 3.55. The van der Waals surface area contributed by atoms with Crippen molar-refractivity contribution in [2.75, 3.05) is 6.54 Å². The van der Waals surface area contributed by atoms with Crippen LogP contribution in [0, 0.1) is 6.92 Å². The minimum absolute atomic E-state index is 0.113. The molecule has 0 unspecified atom stereocenters. The Hall–Kier alpha value is -2.84. The lowest BCUT2D eigenvalue weighted by atomic mass is 10.1. The number of hydrogen-bond acceptors (Lipinski definition) is 5. The number of nitrogens with zero attached hydrogens (tertiary/aromatic N) is 3. The average molecular weight is 384 g/mol. The van der Waals surface area contributed by atoms with Crippen molar-refractivity contribution >= 4 is 10.0 Å². The Bertz CT molecular complexity index is 1060. The smallest absolute Gasteiger partial charge is 0.266 e. The summed E-state index contributed by atoms with van der Waals surface area (Å²) in [6, 6.07) is 14.1. The number of aryl methyl sites for hydroxylation is 2. The van der Waals surface area contributed by atoms with Crippen molar-refractivity contribution in [3.05, 3.63) is 76.8 Å². The summed E-state index contributed by atoms with van der Waals surface area (Å²) in [4.78, 5) is 15.9. The van der Waals surface area contributed by atoms with Crippen LogP contribution in [0.3, 0.4) is 0 Å². The second-order valence-electron chi connectivity index (χ2n) is 6.09. The zero-order chi connectivity index (χ0) is 19.3. The molecule has 0 bridgehead atoms. The van der Waals surface area contributed by atoms with Crippen LogP contribution in [0.5, 0.6) is 0 Å². The number of hydrogen-bond donors (Lipinski definition) is 1. The molecule has 0 fully saturated rings. The molecule has 0 radical (unpaired) electrons. The van der Waals surface area contributed by atoms with Crippen molar-refractivity contribution < 1.29 is 8.42 Å². The lowest BCUT2D eigenvalue weighted by molar-refractivity contribution is 0.536. The van der Waals surface area contributed by atoms with Gasteiger partial charge in [0.25, 0.3) is 5.56 Å². The molecule has 2 heterocycles. The molecule has 1 N–H and O–H groups in total. The maximum atomic E-state index is 12.1. The topological polar surface area (TPSA) is 94.0 Å². The lowest BCUT2D eigenvalue weighted by Gasteiger charge is -2.09. The normalized spacial score (nSPS) is 11.4. The zero-order valence-corrected chi connectivity index (χ0v) is 15.7. The van der Waals surface area contributed by atoms with Crippen LogP contribution in [0.15, 0.2) is 70.6 Å². The maximum Gasteiger partial charge on any atom is 0.266 e. The molecule has 0 aliphatic heterocycles. The Morgan fingerprint density at radius 3 is 2.56 bits per heavy atom. The summed E-state index contributed by atoms with van der Waals surface area (Å²) in [7, 11) is -3.60. The molecular weight excluding hydrogens is 364 g/mol. The van der Waals surface area contributed by atoms with Crippen LogP contribution in [0.4, 0.5) is 0 Å². The minimum atomic E-state index is -3.60. The second-order valence-corrected chi connectivity index (χ2v) is 7.85. The molecule has 140 valence electrons. The van der Waals surface area contributed by atoms with Crippen molar-refractivity contribution in [3.8, 4) is 11.3 Å². The number of sulfonamides is 1. The summed E-state index contributed by atoms with van der Waals surface area (Å²) in [6.07, 6.45) is 3.24. The quantitative estimate of drug-likeness (QED) is 0.629. The number of rotatable bonds is 7. The van der Waals surface area contributed by atoms with E-state index in [1.165, 1.54) is 29.2 Å². The highest BCUT2D eigenvalue weighted by atomic mass is 32.2. The molecular formula is C19H20N4O3S. The summed E-state index contributed by atoms with van der Waals surface area (Å²) in [5.41, 5.74) is 2.55. The molecule has 27 heavy (non-hydrogen) atoms. The molecule has 0 aliphatic carbocycles. The van der Waals surface area contributed by atoms with E-state index in [1.807, 2.05) is 31.2 Å². The highest BCUT2D eigenvalue weighted by Crippen LogP contribution is 2.15. The van der Waals surface area contributed by atoms with Gasteiger partial charge in [-0.15, -0.1) is 0 Å². The predicted octanol–water partition coefficient (Wildman–Crippen LogP) is 1.98. The first-order valence-electron chi connectivity index (χ1n) is 8.51. The lowest BCUT2D eigenvalue weighted by Crippen LogP contribution is -2.28. The van der Waals surface area contributed by atoms with Crippen LogP contribution >= 0.6 is 0 Å². The van der Waals surface area contributed by atoms with E-state index in [0.717, 1.165) is 11.1 Å². The fraction of sp³-hybridized carbons (Fsp3) is 0.211. The molecule has 0 saturated heterocycles. The van der Waals surface area contributed by atoms with Gasteiger partial charge in [-0.25, -0.2) is 17.8 Å². The van der Waals surface area contributed by atoms with Gasteiger partial charge in [0.1, 0.15) is 4.90 Å². The van der Waals surface area contributed by atoms with Crippen molar-refractivity contribution in [1.82, 2.24) is 19.5 Å². The molecule has 3 rings (SSSR count). The third kappa shape index (κ3) is 4.87. The van der Waals surface area contributed by atoms with Gasteiger partial charge >= 0.3 is 0 Å². The summed E-state index contributed by atoms with van der Waals surface area (Å²) < 4.78 is 28.1. The fourth-order valence-electron chi connectivity index (χ4n) is 2.51. The van der Waals surface area contributed by atoms with Gasteiger partial charge in [-0.3, -0.25) is 9.78 Å². The Balaban J connectivity index is 1.64. The predicted molar refractivity (Wildman–Crippen MR) is 103 cm³/mol. The monoisotopic (exact) mass is 384 g/mol. The van der Waals surface area contributed by atoms with Gasteiger partial charge in [-0.1, -0.05) is 29.8 Å². The van der Waals surface area contributed by atoms with Gasteiger partial charge in [-0.05, 0) is 31.5 Å². The van der Waals surface area contributed by atoms with Crippen LogP contribution in [-0.4, -0.2) is 29.7 Å². The van der Waals surface area contributed by atoms with E-state index >= 15 is 0 Å².